The molecular formula is C13H23N3. The first-order valence-corrected chi connectivity index (χ1v) is 6.56. The molecule has 2 rings (SSSR count). The molecule has 0 aliphatic heterocycles. The third-order valence-electron chi connectivity index (χ3n) is 3.63. The summed E-state index contributed by atoms with van der Waals surface area (Å²) >= 11 is 0. The van der Waals surface area contributed by atoms with E-state index in [1.54, 1.807) is 5.57 Å². The third kappa shape index (κ3) is 3.54. The van der Waals surface area contributed by atoms with E-state index in [-0.39, 0.29) is 0 Å². The first-order valence-electron chi connectivity index (χ1n) is 6.56. The molecule has 0 saturated heterocycles. The number of guanidine groups is 1. The normalized spacial score (nSPS) is 21.8. The molecule has 1 saturated carbocycles. The quantitative estimate of drug-likeness (QED) is 0.425. The van der Waals surface area contributed by atoms with Crippen LogP contribution in [0.5, 0.6) is 0 Å². The molecule has 3 heteroatoms. The predicted molar refractivity (Wildman–Crippen MR) is 68.4 cm³/mol. The highest BCUT2D eigenvalue weighted by molar-refractivity contribution is 5.77. The lowest BCUT2D eigenvalue weighted by Crippen LogP contribution is -2.33. The Labute approximate surface area is 98.2 Å². The van der Waals surface area contributed by atoms with Crippen LogP contribution < -0.4 is 11.1 Å². The van der Waals surface area contributed by atoms with Gasteiger partial charge in [0.25, 0.3) is 0 Å². The summed E-state index contributed by atoms with van der Waals surface area (Å²) in [5, 5.41) is 3.20. The Morgan fingerprint density at radius 3 is 2.94 bits per heavy atom. The molecule has 0 heterocycles. The van der Waals surface area contributed by atoms with E-state index in [1.165, 1.54) is 38.5 Å². The van der Waals surface area contributed by atoms with Crippen LogP contribution in [-0.2, 0) is 0 Å². The molecular weight excluding hydrogens is 198 g/mol. The molecule has 3 N–H and O–H groups in total. The molecule has 0 unspecified atom stereocenters. The van der Waals surface area contributed by atoms with Crippen molar-refractivity contribution in [3.63, 3.8) is 0 Å². The average Bonchev–Trinajstić information content (AvgIpc) is 2.68. The Hall–Kier alpha value is -0.990. The minimum atomic E-state index is 0.630. The van der Waals surface area contributed by atoms with Gasteiger partial charge in [-0.15, -0.1) is 0 Å². The van der Waals surface area contributed by atoms with Crippen molar-refractivity contribution in [2.45, 2.75) is 44.9 Å². The summed E-state index contributed by atoms with van der Waals surface area (Å²) in [6, 6.07) is 0. The van der Waals surface area contributed by atoms with Crippen LogP contribution in [-0.4, -0.2) is 19.0 Å². The average molecular weight is 221 g/mol. The van der Waals surface area contributed by atoms with Crippen molar-refractivity contribution in [2.75, 3.05) is 13.1 Å². The number of hydrogen-bond acceptors (Lipinski definition) is 1. The van der Waals surface area contributed by atoms with E-state index in [0.717, 1.165) is 25.4 Å². The van der Waals surface area contributed by atoms with Gasteiger partial charge >= 0.3 is 0 Å². The lowest BCUT2D eigenvalue weighted by atomic mass is 9.86. The number of nitrogens with one attached hydrogen (secondary N) is 1. The molecule has 0 atom stereocenters. The highest BCUT2D eigenvalue weighted by atomic mass is 15.1. The van der Waals surface area contributed by atoms with Crippen LogP contribution in [0.3, 0.4) is 0 Å². The fraction of sp³-hybridized carbons (Fsp3) is 0.769. The minimum Gasteiger partial charge on any atom is -0.370 e. The van der Waals surface area contributed by atoms with Crippen molar-refractivity contribution in [1.82, 2.24) is 5.32 Å². The van der Waals surface area contributed by atoms with Crippen LogP contribution >= 0.6 is 0 Å². The zero-order valence-electron chi connectivity index (χ0n) is 10.0. The zero-order valence-corrected chi connectivity index (χ0v) is 10.0. The van der Waals surface area contributed by atoms with E-state index < -0.39 is 0 Å². The van der Waals surface area contributed by atoms with E-state index >= 15 is 0 Å². The topological polar surface area (TPSA) is 50.4 Å². The Morgan fingerprint density at radius 2 is 2.31 bits per heavy atom. The summed E-state index contributed by atoms with van der Waals surface area (Å²) in [5.74, 6) is 1.43. The van der Waals surface area contributed by atoms with E-state index in [2.05, 4.69) is 16.4 Å². The highest BCUT2D eigenvalue weighted by Gasteiger charge is 2.16. The molecule has 0 aromatic carbocycles. The second-order valence-electron chi connectivity index (χ2n) is 4.95. The van der Waals surface area contributed by atoms with Gasteiger partial charge in [0, 0.05) is 13.1 Å². The van der Waals surface area contributed by atoms with E-state index in [1.807, 2.05) is 0 Å². The van der Waals surface area contributed by atoms with Crippen molar-refractivity contribution in [3.8, 4) is 0 Å². The predicted octanol–water partition coefficient (Wildman–Crippen LogP) is 2.19. The molecule has 0 amide bonds. The number of nitrogens with zero attached hydrogens (tertiary/aromatic N) is 1. The summed E-state index contributed by atoms with van der Waals surface area (Å²) in [4.78, 5) is 4.37. The Bertz CT molecular complexity index is 277. The van der Waals surface area contributed by atoms with E-state index in [4.69, 9.17) is 5.73 Å². The van der Waals surface area contributed by atoms with Crippen LogP contribution in [0.4, 0.5) is 0 Å². The molecule has 0 spiro atoms. The number of allylic oxidation sites excluding steroid dienone is 1. The lowest BCUT2D eigenvalue weighted by Gasteiger charge is -2.23. The van der Waals surface area contributed by atoms with Gasteiger partial charge in [0.15, 0.2) is 5.96 Å². The van der Waals surface area contributed by atoms with Crippen LogP contribution in [0.2, 0.25) is 0 Å². The Kier molecular flexibility index (Phi) is 4.25. The van der Waals surface area contributed by atoms with Crippen molar-refractivity contribution in [2.24, 2.45) is 16.6 Å². The second-order valence-corrected chi connectivity index (χ2v) is 4.95. The maximum absolute atomic E-state index is 5.80. The molecule has 0 radical (unpaired) electrons. The summed E-state index contributed by atoms with van der Waals surface area (Å²) in [6.45, 7) is 1.85. The summed E-state index contributed by atoms with van der Waals surface area (Å²) in [5.41, 5.74) is 7.39. The maximum atomic E-state index is 5.80. The maximum Gasteiger partial charge on any atom is 0.188 e. The molecule has 1 fully saturated rings. The fourth-order valence-electron chi connectivity index (χ4n) is 2.27. The summed E-state index contributed by atoms with van der Waals surface area (Å²) in [6.07, 6.45) is 11.4. The number of aliphatic imine (C=N–C) groups is 1. The van der Waals surface area contributed by atoms with Gasteiger partial charge in [-0.2, -0.15) is 0 Å². The van der Waals surface area contributed by atoms with Gasteiger partial charge in [-0.05, 0) is 44.4 Å². The summed E-state index contributed by atoms with van der Waals surface area (Å²) in [7, 11) is 0. The van der Waals surface area contributed by atoms with Crippen molar-refractivity contribution in [3.05, 3.63) is 11.6 Å². The molecule has 2 aliphatic carbocycles. The van der Waals surface area contributed by atoms with Crippen molar-refractivity contribution >= 4 is 5.96 Å². The van der Waals surface area contributed by atoms with Crippen molar-refractivity contribution in [1.29, 1.82) is 0 Å². The van der Waals surface area contributed by atoms with E-state index in [9.17, 15) is 0 Å². The van der Waals surface area contributed by atoms with Gasteiger partial charge in [0.05, 0.1) is 0 Å². The molecule has 3 nitrogen and oxygen atoms in total. The van der Waals surface area contributed by atoms with Gasteiger partial charge in [-0.25, -0.2) is 0 Å². The molecule has 0 aromatic heterocycles. The Balaban J connectivity index is 1.57. The smallest absolute Gasteiger partial charge is 0.188 e. The molecule has 2 aliphatic rings. The van der Waals surface area contributed by atoms with Gasteiger partial charge < -0.3 is 11.1 Å². The van der Waals surface area contributed by atoms with Gasteiger partial charge in [-0.3, -0.25) is 4.99 Å². The van der Waals surface area contributed by atoms with Crippen molar-refractivity contribution < 1.29 is 0 Å². The number of nitrogens with two attached hydrogens (primary N) is 1. The summed E-state index contributed by atoms with van der Waals surface area (Å²) < 4.78 is 0. The SMILES string of the molecule is NC(=NCC1CCC1)NCCC1=CCCC1. The standard InChI is InChI=1S/C13H23N3/c14-13(16-10-12-6-3-7-12)15-9-8-11-4-1-2-5-11/h4,12H,1-3,5-10H2,(H3,14,15,16). The largest absolute Gasteiger partial charge is 0.370 e. The van der Waals surface area contributed by atoms with Crippen LogP contribution in [0.15, 0.2) is 16.6 Å². The molecule has 90 valence electrons. The Morgan fingerprint density at radius 1 is 1.44 bits per heavy atom. The lowest BCUT2D eigenvalue weighted by molar-refractivity contribution is 0.326. The van der Waals surface area contributed by atoms with Crippen LogP contribution in [0, 0.1) is 5.92 Å². The van der Waals surface area contributed by atoms with Gasteiger partial charge in [0.2, 0.25) is 0 Å². The fourth-order valence-corrected chi connectivity index (χ4v) is 2.27. The minimum absolute atomic E-state index is 0.630. The van der Waals surface area contributed by atoms with Gasteiger partial charge in [-0.1, -0.05) is 18.1 Å². The molecule has 0 bridgehead atoms. The first-order chi connectivity index (χ1) is 7.84. The number of hydrogen-bond donors (Lipinski definition) is 2. The monoisotopic (exact) mass is 221 g/mol. The van der Waals surface area contributed by atoms with E-state index in [0.29, 0.717) is 5.96 Å². The second kappa shape index (κ2) is 5.92. The van der Waals surface area contributed by atoms with Crippen LogP contribution in [0.1, 0.15) is 44.9 Å². The highest BCUT2D eigenvalue weighted by Crippen LogP contribution is 2.26. The van der Waals surface area contributed by atoms with Crippen LogP contribution in [0.25, 0.3) is 0 Å². The van der Waals surface area contributed by atoms with Gasteiger partial charge in [0.1, 0.15) is 0 Å². The molecule has 0 aromatic rings. The molecule has 16 heavy (non-hydrogen) atoms. The number of rotatable bonds is 5. The zero-order chi connectivity index (χ0) is 11.2. The third-order valence-corrected chi connectivity index (χ3v) is 3.63. The first kappa shape index (κ1) is 11.5.